The van der Waals surface area contributed by atoms with Crippen molar-refractivity contribution in [2.24, 2.45) is 5.73 Å². The molecule has 0 spiro atoms. The fraction of sp³-hybridized carbons (Fsp3) is 0.500. The lowest BCUT2D eigenvalue weighted by atomic mass is 10.1. The molecule has 12 heteroatoms. The Morgan fingerprint density at radius 3 is 2.47 bits per heavy atom. The van der Waals surface area contributed by atoms with Gasteiger partial charge < -0.3 is 25.6 Å². The maximum absolute atomic E-state index is 15.3. The highest BCUT2D eigenvalue weighted by Crippen LogP contribution is 2.42. The Kier molecular flexibility index (Phi) is 6.98. The highest BCUT2D eigenvalue weighted by Gasteiger charge is 2.41. The lowest BCUT2D eigenvalue weighted by Crippen LogP contribution is -2.52. The van der Waals surface area contributed by atoms with E-state index in [2.05, 4.69) is 15.3 Å². The van der Waals surface area contributed by atoms with E-state index in [1.54, 1.807) is 0 Å². The van der Waals surface area contributed by atoms with Gasteiger partial charge in [-0.1, -0.05) is 12.8 Å². The first kappa shape index (κ1) is 23.9. The fourth-order valence-corrected chi connectivity index (χ4v) is 4.33. The molecule has 1 unspecified atom stereocenters. The van der Waals surface area contributed by atoms with Crippen molar-refractivity contribution in [2.45, 2.75) is 44.4 Å². The smallest absolute Gasteiger partial charge is 0.330 e. The molecule has 1 fully saturated rings. The van der Waals surface area contributed by atoms with Crippen molar-refractivity contribution in [3.63, 3.8) is 0 Å². The van der Waals surface area contributed by atoms with Crippen molar-refractivity contribution in [1.82, 2.24) is 9.97 Å². The summed E-state index contributed by atoms with van der Waals surface area (Å²) in [5.74, 6) is -1.89. The molecule has 184 valence electrons. The Bertz CT molecular complexity index is 1040. The molecule has 1 aromatic heterocycles. The molecule has 2 heterocycles. The van der Waals surface area contributed by atoms with Gasteiger partial charge in [-0.3, -0.25) is 9.80 Å². The highest BCUT2D eigenvalue weighted by atomic mass is 19.1. The van der Waals surface area contributed by atoms with E-state index in [4.69, 9.17) is 15.2 Å². The number of hydrogen-bond donors (Lipinski definition) is 3. The Labute approximate surface area is 195 Å². The van der Waals surface area contributed by atoms with Crippen LogP contribution in [0.1, 0.15) is 31.2 Å². The van der Waals surface area contributed by atoms with Gasteiger partial charge in [0.1, 0.15) is 11.5 Å². The molecule has 1 atom stereocenters. The van der Waals surface area contributed by atoms with E-state index in [-0.39, 0.29) is 43.1 Å². The number of urea groups is 1. The van der Waals surface area contributed by atoms with Crippen LogP contribution in [0.5, 0.6) is 11.5 Å². The first-order valence-corrected chi connectivity index (χ1v) is 11.1. The van der Waals surface area contributed by atoms with Gasteiger partial charge in [0.2, 0.25) is 5.95 Å². The number of aromatic nitrogens is 2. The minimum atomic E-state index is -1.00. The van der Waals surface area contributed by atoms with Crippen LogP contribution in [0.3, 0.4) is 0 Å². The van der Waals surface area contributed by atoms with Gasteiger partial charge in [0, 0.05) is 37.0 Å². The highest BCUT2D eigenvalue weighted by molar-refractivity contribution is 6.06. The van der Waals surface area contributed by atoms with Crippen LogP contribution in [0.25, 0.3) is 0 Å². The van der Waals surface area contributed by atoms with Crippen molar-refractivity contribution >= 4 is 23.5 Å². The van der Waals surface area contributed by atoms with Crippen LogP contribution in [0.4, 0.5) is 31.0 Å². The van der Waals surface area contributed by atoms with Crippen LogP contribution in [0.15, 0.2) is 12.3 Å². The summed E-state index contributed by atoms with van der Waals surface area (Å²) >= 11 is 0. The first-order valence-electron chi connectivity index (χ1n) is 11.1. The number of benzene rings is 1. The lowest BCUT2D eigenvalue weighted by molar-refractivity contribution is 0.196. The van der Waals surface area contributed by atoms with E-state index in [9.17, 15) is 9.90 Å². The molecule has 34 heavy (non-hydrogen) atoms. The van der Waals surface area contributed by atoms with Gasteiger partial charge in [0.05, 0.1) is 26.9 Å². The summed E-state index contributed by atoms with van der Waals surface area (Å²) in [4.78, 5) is 25.0. The number of anilines is 3. The normalized spacial score (nSPS) is 17.1. The second-order valence-electron chi connectivity index (χ2n) is 8.25. The summed E-state index contributed by atoms with van der Waals surface area (Å²) < 4.78 is 40.6. The van der Waals surface area contributed by atoms with E-state index in [0.29, 0.717) is 11.4 Å². The van der Waals surface area contributed by atoms with Crippen molar-refractivity contribution in [3.05, 3.63) is 29.5 Å². The van der Waals surface area contributed by atoms with E-state index in [1.807, 2.05) is 0 Å². The molecule has 0 saturated heterocycles. The van der Waals surface area contributed by atoms with Gasteiger partial charge in [-0.25, -0.2) is 18.6 Å². The zero-order chi connectivity index (χ0) is 24.4. The molecular formula is C22H28F2N6O4. The van der Waals surface area contributed by atoms with Gasteiger partial charge >= 0.3 is 6.03 Å². The third-order valence-electron chi connectivity index (χ3n) is 6.11. The number of nitrogens with zero attached hydrogens (tertiary/aromatic N) is 4. The first-order chi connectivity index (χ1) is 16.4. The van der Waals surface area contributed by atoms with Crippen molar-refractivity contribution in [1.29, 1.82) is 0 Å². The van der Waals surface area contributed by atoms with Crippen molar-refractivity contribution in [2.75, 3.05) is 42.4 Å². The number of ether oxygens (including phenoxy) is 2. The molecule has 4 rings (SSSR count). The summed E-state index contributed by atoms with van der Waals surface area (Å²) in [5, 5.41) is 12.6. The van der Waals surface area contributed by atoms with Gasteiger partial charge in [-0.2, -0.15) is 4.98 Å². The predicted molar refractivity (Wildman–Crippen MR) is 121 cm³/mol. The van der Waals surface area contributed by atoms with Gasteiger partial charge in [-0.05, 0) is 12.8 Å². The number of hydrogen-bond acceptors (Lipinski definition) is 8. The average molecular weight is 479 g/mol. The number of fused-ring (bicyclic) bond motifs is 1. The molecule has 10 nitrogen and oxygen atoms in total. The number of nitrogens with two attached hydrogens (primary N) is 1. The molecule has 1 aliphatic carbocycles. The minimum Gasteiger partial charge on any atom is -0.493 e. The van der Waals surface area contributed by atoms with E-state index in [0.717, 1.165) is 36.6 Å². The number of aliphatic hydroxyl groups is 1. The van der Waals surface area contributed by atoms with E-state index >= 15 is 8.78 Å². The second-order valence-corrected chi connectivity index (χ2v) is 8.25. The largest absolute Gasteiger partial charge is 0.493 e. The maximum Gasteiger partial charge on any atom is 0.330 e. The molecule has 2 aromatic rings. The summed E-state index contributed by atoms with van der Waals surface area (Å²) in [6.07, 6.45) is 4.07. The van der Waals surface area contributed by atoms with Crippen LogP contribution in [0, 0.1) is 11.6 Å². The summed E-state index contributed by atoms with van der Waals surface area (Å²) in [6, 6.07) is 0.325. The van der Waals surface area contributed by atoms with Crippen LogP contribution >= 0.6 is 0 Å². The minimum absolute atomic E-state index is 0.0702. The zero-order valence-electron chi connectivity index (χ0n) is 19.1. The number of aliphatic hydroxyl groups excluding tert-OH is 1. The van der Waals surface area contributed by atoms with Gasteiger partial charge in [-0.15, -0.1) is 0 Å². The van der Waals surface area contributed by atoms with Crippen molar-refractivity contribution in [3.8, 4) is 11.5 Å². The monoisotopic (exact) mass is 478 g/mol. The number of carbonyl (C=O) groups is 1. The molecule has 2 aliphatic rings. The number of methoxy groups -OCH3 is 2. The Morgan fingerprint density at radius 1 is 1.24 bits per heavy atom. The van der Waals surface area contributed by atoms with E-state index < -0.39 is 29.5 Å². The van der Waals surface area contributed by atoms with Crippen molar-refractivity contribution < 1.29 is 28.2 Å². The second kappa shape index (κ2) is 9.94. The number of carbonyl (C=O) groups excluding carboxylic acids is 1. The van der Waals surface area contributed by atoms with Crippen LogP contribution in [0.2, 0.25) is 0 Å². The number of rotatable bonds is 8. The lowest BCUT2D eigenvalue weighted by Gasteiger charge is -2.39. The third kappa shape index (κ3) is 4.30. The molecule has 2 amide bonds. The van der Waals surface area contributed by atoms with Crippen LogP contribution in [-0.2, 0) is 6.54 Å². The quantitative estimate of drug-likeness (QED) is 0.528. The maximum atomic E-state index is 15.3. The third-order valence-corrected chi connectivity index (χ3v) is 6.11. The van der Waals surface area contributed by atoms with Gasteiger partial charge in [0.25, 0.3) is 0 Å². The number of nitrogens with one attached hydrogen (secondary N) is 1. The summed E-state index contributed by atoms with van der Waals surface area (Å²) in [6.45, 7) is 0.0623. The van der Waals surface area contributed by atoms with Gasteiger partial charge in [0.15, 0.2) is 23.1 Å². The Morgan fingerprint density at radius 2 is 1.88 bits per heavy atom. The summed E-state index contributed by atoms with van der Waals surface area (Å²) in [5.41, 5.74) is 5.41. The average Bonchev–Trinajstić information content (AvgIpc) is 3.37. The molecule has 4 N–H and O–H groups in total. The molecule has 0 radical (unpaired) electrons. The molecule has 0 bridgehead atoms. The molecule has 1 saturated carbocycles. The fourth-order valence-electron chi connectivity index (χ4n) is 4.33. The molecular weight excluding hydrogens is 450 g/mol. The number of halogens is 2. The molecule has 1 aromatic carbocycles. The standard InChI is InChI=1S/C22H28F2N6O4/c1-33-15-7-16(34-2)18(24)19(17(15)23)29-11-12-9-26-21(27-10-14(31)8-25)28-20(12)30(22(29)32)13-5-3-4-6-13/h7,9,13-14,31H,3-6,8,10-11,25H2,1-2H3,(H,26,27,28). The number of amides is 2. The SMILES string of the molecule is COc1cc(OC)c(F)c(N2Cc3cnc(NCC(O)CN)nc3N(C3CCCC3)C2=O)c1F. The topological polar surface area (TPSA) is 126 Å². The Balaban J connectivity index is 1.78. The van der Waals surface area contributed by atoms with Crippen LogP contribution < -0.4 is 30.3 Å². The zero-order valence-corrected chi connectivity index (χ0v) is 19.1. The van der Waals surface area contributed by atoms with E-state index in [1.165, 1.54) is 25.3 Å². The summed E-state index contributed by atoms with van der Waals surface area (Å²) in [7, 11) is 2.50. The molecule has 1 aliphatic heterocycles. The predicted octanol–water partition coefficient (Wildman–Crippen LogP) is 2.39. The Hall–Kier alpha value is -3.25. The van der Waals surface area contributed by atoms with Crippen LogP contribution in [-0.4, -0.2) is 60.6 Å².